The van der Waals surface area contributed by atoms with Crippen LogP contribution in [0.5, 0.6) is 5.88 Å². The number of hydrogen-bond acceptors (Lipinski definition) is 4. The summed E-state index contributed by atoms with van der Waals surface area (Å²) >= 11 is 0. The van der Waals surface area contributed by atoms with Gasteiger partial charge in [-0.25, -0.2) is 9.97 Å². The van der Waals surface area contributed by atoms with Gasteiger partial charge in [0.2, 0.25) is 5.88 Å². The van der Waals surface area contributed by atoms with Crippen molar-refractivity contribution in [3.63, 3.8) is 0 Å². The first-order chi connectivity index (χ1) is 11.3. The molecule has 120 valence electrons. The number of rotatable bonds is 7. The molecular weight excluding hydrogens is 288 g/mol. The minimum Gasteiger partial charge on any atom is -0.479 e. The average molecular weight is 310 g/mol. The summed E-state index contributed by atoms with van der Waals surface area (Å²) in [4.78, 5) is 13.4. The zero-order valence-electron chi connectivity index (χ0n) is 13.7. The largest absolute Gasteiger partial charge is 0.479 e. The lowest BCUT2D eigenvalue weighted by Crippen LogP contribution is -2.06. The molecule has 3 rings (SSSR count). The van der Waals surface area contributed by atoms with Crippen molar-refractivity contribution >= 4 is 11.2 Å². The first kappa shape index (κ1) is 15.5. The number of aromatic nitrogens is 4. The Bertz CT molecular complexity index is 767. The van der Waals surface area contributed by atoms with E-state index >= 15 is 0 Å². The van der Waals surface area contributed by atoms with Gasteiger partial charge in [-0.05, 0) is 12.0 Å². The highest BCUT2D eigenvalue weighted by Crippen LogP contribution is 2.23. The van der Waals surface area contributed by atoms with Crippen molar-refractivity contribution < 1.29 is 4.74 Å². The number of nitrogens with zero attached hydrogens (tertiary/aromatic N) is 4. The number of fused-ring (bicyclic) bond motifs is 1. The molecule has 0 atom stereocenters. The Labute approximate surface area is 136 Å². The lowest BCUT2D eigenvalue weighted by Gasteiger charge is -2.08. The van der Waals surface area contributed by atoms with Gasteiger partial charge < -0.3 is 9.30 Å². The Kier molecular flexibility index (Phi) is 4.86. The normalized spacial score (nSPS) is 11.0. The van der Waals surface area contributed by atoms with Gasteiger partial charge in [0.25, 0.3) is 0 Å². The molecule has 5 heteroatoms. The summed E-state index contributed by atoms with van der Waals surface area (Å²) in [7, 11) is 1.62. The number of imidazole rings is 1. The molecule has 0 amide bonds. The highest BCUT2D eigenvalue weighted by molar-refractivity contribution is 5.76. The molecule has 5 nitrogen and oxygen atoms in total. The second-order valence-electron chi connectivity index (χ2n) is 5.61. The van der Waals surface area contributed by atoms with Crippen LogP contribution in [0.2, 0.25) is 0 Å². The fraction of sp³-hybridized carbons (Fsp3) is 0.389. The van der Waals surface area contributed by atoms with E-state index in [1.165, 1.54) is 18.4 Å². The van der Waals surface area contributed by atoms with E-state index < -0.39 is 0 Å². The zero-order valence-corrected chi connectivity index (χ0v) is 13.7. The van der Waals surface area contributed by atoms with Crippen molar-refractivity contribution in [2.75, 3.05) is 7.11 Å². The van der Waals surface area contributed by atoms with E-state index in [-0.39, 0.29) is 0 Å². The summed E-state index contributed by atoms with van der Waals surface area (Å²) < 4.78 is 7.53. The molecule has 0 saturated heterocycles. The van der Waals surface area contributed by atoms with Gasteiger partial charge in [-0.1, -0.05) is 50.1 Å². The van der Waals surface area contributed by atoms with E-state index in [1.54, 1.807) is 13.4 Å². The molecule has 0 aliphatic rings. The number of hydrogen-bond donors (Lipinski definition) is 0. The Morgan fingerprint density at radius 3 is 2.65 bits per heavy atom. The summed E-state index contributed by atoms with van der Waals surface area (Å²) in [6.07, 6.45) is 6.02. The van der Waals surface area contributed by atoms with Crippen LogP contribution in [0.3, 0.4) is 0 Å². The van der Waals surface area contributed by atoms with Crippen LogP contribution >= 0.6 is 0 Å². The van der Waals surface area contributed by atoms with Crippen LogP contribution in [0.15, 0.2) is 36.7 Å². The zero-order chi connectivity index (χ0) is 16.1. The predicted molar refractivity (Wildman–Crippen MR) is 90.6 cm³/mol. The van der Waals surface area contributed by atoms with E-state index in [0.717, 1.165) is 36.4 Å². The van der Waals surface area contributed by atoms with Gasteiger partial charge in [-0.3, -0.25) is 0 Å². The maximum absolute atomic E-state index is 5.34. The van der Waals surface area contributed by atoms with Gasteiger partial charge in [0.15, 0.2) is 11.2 Å². The second kappa shape index (κ2) is 7.22. The monoisotopic (exact) mass is 310 g/mol. The predicted octanol–water partition coefficient (Wildman–Crippen LogP) is 3.62. The van der Waals surface area contributed by atoms with Gasteiger partial charge in [0, 0.05) is 6.42 Å². The summed E-state index contributed by atoms with van der Waals surface area (Å²) in [6, 6.07) is 10.4. The highest BCUT2D eigenvalue weighted by Gasteiger charge is 2.16. The molecule has 0 N–H and O–H groups in total. The highest BCUT2D eigenvalue weighted by atomic mass is 16.5. The summed E-state index contributed by atoms with van der Waals surface area (Å²) in [5, 5.41) is 0. The molecule has 0 aliphatic carbocycles. The van der Waals surface area contributed by atoms with Crippen LogP contribution < -0.4 is 4.74 Å². The third-order valence-electron chi connectivity index (χ3n) is 3.96. The van der Waals surface area contributed by atoms with Crippen LogP contribution in [-0.4, -0.2) is 26.6 Å². The van der Waals surface area contributed by atoms with E-state index in [9.17, 15) is 0 Å². The molecule has 2 aromatic heterocycles. The summed E-state index contributed by atoms with van der Waals surface area (Å²) in [5.41, 5.74) is 2.82. The van der Waals surface area contributed by atoms with Crippen molar-refractivity contribution in [1.29, 1.82) is 0 Å². The SMILES string of the molecule is CCCCCc1nc2c(OC)ncnc2n1Cc1ccccc1. The number of methoxy groups -OCH3 is 1. The van der Waals surface area contributed by atoms with E-state index in [2.05, 4.69) is 45.7 Å². The molecule has 0 radical (unpaired) electrons. The first-order valence-corrected chi connectivity index (χ1v) is 8.11. The molecule has 3 aromatic rings. The first-order valence-electron chi connectivity index (χ1n) is 8.11. The molecular formula is C18H22N4O. The molecule has 0 bridgehead atoms. The Hall–Kier alpha value is -2.43. The number of ether oxygens (including phenoxy) is 1. The van der Waals surface area contributed by atoms with E-state index in [1.807, 2.05) is 6.07 Å². The number of aryl methyl sites for hydroxylation is 1. The van der Waals surface area contributed by atoms with Crippen LogP contribution in [0.1, 0.15) is 37.6 Å². The standard InChI is InChI=1S/C18H22N4O/c1-3-4-6-11-15-21-16-17(19-13-20-18(16)23-2)22(15)12-14-9-7-5-8-10-14/h5,7-10,13H,3-4,6,11-12H2,1-2H3. The van der Waals surface area contributed by atoms with Crippen molar-refractivity contribution in [3.05, 3.63) is 48.0 Å². The van der Waals surface area contributed by atoms with Gasteiger partial charge in [-0.2, -0.15) is 4.98 Å². The maximum Gasteiger partial charge on any atom is 0.245 e. The van der Waals surface area contributed by atoms with Gasteiger partial charge in [0.1, 0.15) is 12.2 Å². The molecule has 0 fully saturated rings. The fourth-order valence-electron chi connectivity index (χ4n) is 2.77. The molecule has 23 heavy (non-hydrogen) atoms. The Balaban J connectivity index is 2.02. The minimum absolute atomic E-state index is 0.540. The molecule has 2 heterocycles. The Morgan fingerprint density at radius 2 is 1.91 bits per heavy atom. The topological polar surface area (TPSA) is 52.8 Å². The van der Waals surface area contributed by atoms with Crippen molar-refractivity contribution in [3.8, 4) is 5.88 Å². The van der Waals surface area contributed by atoms with E-state index in [0.29, 0.717) is 5.88 Å². The smallest absolute Gasteiger partial charge is 0.245 e. The van der Waals surface area contributed by atoms with E-state index in [4.69, 9.17) is 9.72 Å². The van der Waals surface area contributed by atoms with Gasteiger partial charge >= 0.3 is 0 Å². The average Bonchev–Trinajstić information content (AvgIpc) is 2.94. The van der Waals surface area contributed by atoms with Crippen LogP contribution in [-0.2, 0) is 13.0 Å². The number of unbranched alkanes of at least 4 members (excludes halogenated alkanes) is 2. The molecule has 0 saturated carbocycles. The quantitative estimate of drug-likeness (QED) is 0.625. The lowest BCUT2D eigenvalue weighted by molar-refractivity contribution is 0.401. The van der Waals surface area contributed by atoms with Crippen LogP contribution in [0, 0.1) is 0 Å². The van der Waals surface area contributed by atoms with Gasteiger partial charge in [0.05, 0.1) is 13.7 Å². The second-order valence-corrected chi connectivity index (χ2v) is 5.61. The molecule has 0 unspecified atom stereocenters. The van der Waals surface area contributed by atoms with Crippen molar-refractivity contribution in [1.82, 2.24) is 19.5 Å². The molecule has 1 aromatic carbocycles. The van der Waals surface area contributed by atoms with Gasteiger partial charge in [-0.15, -0.1) is 0 Å². The number of benzene rings is 1. The summed E-state index contributed by atoms with van der Waals surface area (Å²) in [6.45, 7) is 2.97. The van der Waals surface area contributed by atoms with Crippen molar-refractivity contribution in [2.45, 2.75) is 39.2 Å². The third-order valence-corrected chi connectivity index (χ3v) is 3.96. The van der Waals surface area contributed by atoms with Crippen LogP contribution in [0.25, 0.3) is 11.2 Å². The van der Waals surface area contributed by atoms with Crippen LogP contribution in [0.4, 0.5) is 0 Å². The summed E-state index contributed by atoms with van der Waals surface area (Å²) in [5.74, 6) is 1.59. The van der Waals surface area contributed by atoms with Crippen molar-refractivity contribution in [2.24, 2.45) is 0 Å². The lowest BCUT2D eigenvalue weighted by atomic mass is 10.2. The third kappa shape index (κ3) is 3.33. The fourth-order valence-corrected chi connectivity index (χ4v) is 2.77. The maximum atomic E-state index is 5.34. The molecule has 0 spiro atoms. The molecule has 0 aliphatic heterocycles. The Morgan fingerprint density at radius 1 is 1.09 bits per heavy atom. The minimum atomic E-state index is 0.540.